The number of amides is 2. The van der Waals surface area contributed by atoms with Gasteiger partial charge in [0.05, 0.1) is 0 Å². The van der Waals surface area contributed by atoms with Crippen LogP contribution in [0.1, 0.15) is 51.5 Å². The molecule has 24 heavy (non-hydrogen) atoms. The summed E-state index contributed by atoms with van der Waals surface area (Å²) in [5.41, 5.74) is 0.670. The predicted octanol–water partition coefficient (Wildman–Crippen LogP) is 4.18. The van der Waals surface area contributed by atoms with E-state index >= 15 is 0 Å². The molecule has 0 radical (unpaired) electrons. The minimum absolute atomic E-state index is 0.0972. The lowest BCUT2D eigenvalue weighted by Gasteiger charge is -2.30. The van der Waals surface area contributed by atoms with E-state index in [0.717, 1.165) is 25.7 Å². The monoisotopic (exact) mass is 370 g/mol. The van der Waals surface area contributed by atoms with Gasteiger partial charge in [0.1, 0.15) is 6.04 Å². The van der Waals surface area contributed by atoms with E-state index in [0.29, 0.717) is 22.0 Å². The highest BCUT2D eigenvalue weighted by molar-refractivity contribution is 6.36. The zero-order valence-corrected chi connectivity index (χ0v) is 15.7. The van der Waals surface area contributed by atoms with Crippen molar-refractivity contribution in [2.24, 2.45) is 0 Å². The van der Waals surface area contributed by atoms with Gasteiger partial charge < -0.3 is 10.2 Å². The van der Waals surface area contributed by atoms with Crippen LogP contribution >= 0.6 is 23.2 Å². The van der Waals surface area contributed by atoms with Crippen molar-refractivity contribution in [3.8, 4) is 0 Å². The van der Waals surface area contributed by atoms with Crippen LogP contribution in [-0.4, -0.2) is 28.8 Å². The molecule has 1 fully saturated rings. The van der Waals surface area contributed by atoms with Crippen molar-refractivity contribution in [3.63, 3.8) is 0 Å². The van der Waals surface area contributed by atoms with Gasteiger partial charge in [-0.1, -0.05) is 49.0 Å². The number of halogens is 2. The summed E-state index contributed by atoms with van der Waals surface area (Å²) in [5.74, 6) is -0.216. The Bertz CT molecular complexity index is 580. The van der Waals surface area contributed by atoms with E-state index in [1.54, 1.807) is 36.9 Å². The second kappa shape index (κ2) is 8.72. The Kier molecular flexibility index (Phi) is 6.93. The van der Waals surface area contributed by atoms with E-state index in [9.17, 15) is 9.59 Å². The van der Waals surface area contributed by atoms with E-state index in [1.165, 1.54) is 0 Å². The summed E-state index contributed by atoms with van der Waals surface area (Å²) in [4.78, 5) is 26.5. The molecule has 132 valence electrons. The lowest BCUT2D eigenvalue weighted by molar-refractivity contribution is -0.140. The second-order valence-corrected chi connectivity index (χ2v) is 7.06. The van der Waals surface area contributed by atoms with E-state index in [1.807, 2.05) is 0 Å². The summed E-state index contributed by atoms with van der Waals surface area (Å²) < 4.78 is 0. The van der Waals surface area contributed by atoms with Gasteiger partial charge in [-0.3, -0.25) is 9.59 Å². The normalized spacial score (nSPS) is 16.0. The highest BCUT2D eigenvalue weighted by atomic mass is 35.5. The van der Waals surface area contributed by atoms with Crippen LogP contribution in [-0.2, 0) is 16.1 Å². The zero-order valence-electron chi connectivity index (χ0n) is 14.1. The molecule has 4 nitrogen and oxygen atoms in total. The summed E-state index contributed by atoms with van der Waals surface area (Å²) in [7, 11) is 0. The molecular weight excluding hydrogens is 347 g/mol. The van der Waals surface area contributed by atoms with E-state index in [2.05, 4.69) is 5.32 Å². The summed E-state index contributed by atoms with van der Waals surface area (Å²) in [6, 6.07) is 4.89. The zero-order chi connectivity index (χ0) is 17.7. The Hall–Kier alpha value is -1.26. The number of hydrogen-bond donors (Lipinski definition) is 1. The van der Waals surface area contributed by atoms with Crippen molar-refractivity contribution >= 4 is 35.0 Å². The maximum absolute atomic E-state index is 12.5. The molecule has 0 saturated heterocycles. The highest BCUT2D eigenvalue weighted by Crippen LogP contribution is 2.27. The van der Waals surface area contributed by atoms with Crippen molar-refractivity contribution in [2.75, 3.05) is 0 Å². The molecule has 2 amide bonds. The van der Waals surface area contributed by atoms with Crippen LogP contribution in [0.15, 0.2) is 18.2 Å². The molecule has 6 heteroatoms. The first-order valence-corrected chi connectivity index (χ1v) is 9.22. The number of benzene rings is 1. The Morgan fingerprint density at radius 1 is 1.25 bits per heavy atom. The van der Waals surface area contributed by atoms with E-state index < -0.39 is 6.04 Å². The fourth-order valence-corrected chi connectivity index (χ4v) is 3.55. The predicted molar refractivity (Wildman–Crippen MR) is 97.2 cm³/mol. The van der Waals surface area contributed by atoms with Crippen molar-refractivity contribution in [1.29, 1.82) is 0 Å². The van der Waals surface area contributed by atoms with Gasteiger partial charge in [-0.2, -0.15) is 0 Å². The minimum Gasteiger partial charge on any atom is -0.352 e. The number of nitrogens with one attached hydrogen (secondary N) is 1. The Morgan fingerprint density at radius 2 is 1.83 bits per heavy atom. The third kappa shape index (κ3) is 4.64. The summed E-state index contributed by atoms with van der Waals surface area (Å²) in [6.07, 6.45) is 4.63. The fraction of sp³-hybridized carbons (Fsp3) is 0.556. The first kappa shape index (κ1) is 19.1. The molecule has 0 aromatic heterocycles. The molecule has 1 atom stereocenters. The van der Waals surface area contributed by atoms with Gasteiger partial charge in [0, 0.05) is 34.6 Å². The van der Waals surface area contributed by atoms with Crippen molar-refractivity contribution in [1.82, 2.24) is 10.2 Å². The molecule has 1 N–H and O–H groups in total. The van der Waals surface area contributed by atoms with Crippen LogP contribution < -0.4 is 5.32 Å². The average molecular weight is 371 g/mol. The second-order valence-electron chi connectivity index (χ2n) is 6.24. The Morgan fingerprint density at radius 3 is 2.38 bits per heavy atom. The fourth-order valence-electron chi connectivity index (χ4n) is 3.03. The average Bonchev–Trinajstić information content (AvgIpc) is 3.06. The van der Waals surface area contributed by atoms with Crippen molar-refractivity contribution in [2.45, 2.75) is 64.6 Å². The quantitative estimate of drug-likeness (QED) is 0.816. The van der Waals surface area contributed by atoms with Gasteiger partial charge in [-0.25, -0.2) is 0 Å². The molecule has 1 aromatic carbocycles. The van der Waals surface area contributed by atoms with Crippen molar-refractivity contribution in [3.05, 3.63) is 33.8 Å². The number of nitrogens with zero attached hydrogens (tertiary/aromatic N) is 1. The maximum atomic E-state index is 12.5. The number of hydrogen-bond acceptors (Lipinski definition) is 2. The topological polar surface area (TPSA) is 49.4 Å². The molecule has 1 aromatic rings. The lowest BCUT2D eigenvalue weighted by atomic mass is 10.1. The molecule has 0 aliphatic heterocycles. The lowest BCUT2D eigenvalue weighted by Crippen LogP contribution is -2.49. The van der Waals surface area contributed by atoms with Gasteiger partial charge in [-0.05, 0) is 31.9 Å². The van der Waals surface area contributed by atoms with Crippen LogP contribution in [0.4, 0.5) is 0 Å². The number of rotatable bonds is 6. The smallest absolute Gasteiger partial charge is 0.242 e. The van der Waals surface area contributed by atoms with Gasteiger partial charge in [0.2, 0.25) is 11.8 Å². The summed E-state index contributed by atoms with van der Waals surface area (Å²) >= 11 is 12.4. The molecule has 1 aliphatic rings. The van der Waals surface area contributed by atoms with Crippen LogP contribution in [0.25, 0.3) is 0 Å². The Labute approximate surface area is 153 Å². The van der Waals surface area contributed by atoms with Crippen LogP contribution in [0.3, 0.4) is 0 Å². The first-order valence-electron chi connectivity index (χ1n) is 8.46. The molecule has 1 unspecified atom stereocenters. The molecule has 2 rings (SSSR count). The molecule has 0 spiro atoms. The molecule has 0 bridgehead atoms. The van der Waals surface area contributed by atoms with Gasteiger partial charge in [-0.15, -0.1) is 0 Å². The van der Waals surface area contributed by atoms with E-state index in [-0.39, 0.29) is 24.4 Å². The van der Waals surface area contributed by atoms with Crippen LogP contribution in [0, 0.1) is 0 Å². The van der Waals surface area contributed by atoms with Gasteiger partial charge in [0.25, 0.3) is 0 Å². The number of carbonyl (C=O) groups excluding carboxylic acids is 2. The van der Waals surface area contributed by atoms with Crippen LogP contribution in [0.2, 0.25) is 10.0 Å². The Balaban J connectivity index is 2.15. The van der Waals surface area contributed by atoms with E-state index in [4.69, 9.17) is 23.2 Å². The molecule has 1 aliphatic carbocycles. The standard InChI is InChI=1S/C18H24Cl2N2O2/c1-3-17(23)22(11-14-15(19)9-6-10-16(14)20)12(2)18(24)21-13-7-4-5-8-13/h6,9-10,12-13H,3-5,7-8,11H2,1-2H3,(H,21,24). The number of carbonyl (C=O) groups is 2. The minimum atomic E-state index is -0.564. The third-order valence-electron chi connectivity index (χ3n) is 4.56. The molecular formula is C18H24Cl2N2O2. The van der Waals surface area contributed by atoms with Gasteiger partial charge >= 0.3 is 0 Å². The summed E-state index contributed by atoms with van der Waals surface area (Å²) in [5, 5.41) is 4.05. The largest absolute Gasteiger partial charge is 0.352 e. The SMILES string of the molecule is CCC(=O)N(Cc1c(Cl)cccc1Cl)C(C)C(=O)NC1CCCC1. The third-order valence-corrected chi connectivity index (χ3v) is 5.27. The van der Waals surface area contributed by atoms with Crippen molar-refractivity contribution < 1.29 is 9.59 Å². The maximum Gasteiger partial charge on any atom is 0.242 e. The van der Waals surface area contributed by atoms with Crippen LogP contribution in [0.5, 0.6) is 0 Å². The molecule has 1 saturated carbocycles. The summed E-state index contributed by atoms with van der Waals surface area (Å²) in [6.45, 7) is 3.76. The first-order chi connectivity index (χ1) is 11.4. The molecule has 0 heterocycles. The van der Waals surface area contributed by atoms with Gasteiger partial charge in [0.15, 0.2) is 0 Å². The highest BCUT2D eigenvalue weighted by Gasteiger charge is 2.28.